The number of ether oxygens (including phenoxy) is 1. The molecular weight excluding hydrogens is 284 g/mol. The third-order valence-electron chi connectivity index (χ3n) is 3.74. The van der Waals surface area contributed by atoms with E-state index in [9.17, 15) is 8.42 Å². The normalized spacial score (nSPS) is 12.9. The highest BCUT2D eigenvalue weighted by atomic mass is 32.2. The van der Waals surface area contributed by atoms with Gasteiger partial charge in [0.2, 0.25) is 9.84 Å². The highest BCUT2D eigenvalue weighted by molar-refractivity contribution is 7.91. The van der Waals surface area contributed by atoms with Crippen LogP contribution in [0.4, 0.5) is 0 Å². The molecule has 0 saturated heterocycles. The topological polar surface area (TPSA) is 43.4 Å². The third kappa shape index (κ3) is 3.27. The molecule has 1 atom stereocenters. The van der Waals surface area contributed by atoms with Crippen LogP contribution in [0.1, 0.15) is 31.7 Å². The predicted octanol–water partition coefficient (Wildman–Crippen LogP) is 4.04. The summed E-state index contributed by atoms with van der Waals surface area (Å²) in [7, 11) is -1.92. The molecule has 3 nitrogen and oxygen atoms in total. The lowest BCUT2D eigenvalue weighted by Crippen LogP contribution is -2.02. The molecule has 0 aromatic heterocycles. The van der Waals surface area contributed by atoms with Crippen LogP contribution in [0, 0.1) is 0 Å². The largest absolute Gasteiger partial charge is 0.497 e. The molecule has 0 heterocycles. The molecule has 0 bridgehead atoms. The molecule has 0 aliphatic rings. The van der Waals surface area contributed by atoms with Gasteiger partial charge in [0.15, 0.2) is 0 Å². The smallest absolute Gasteiger partial charge is 0.206 e. The molecule has 112 valence electrons. The van der Waals surface area contributed by atoms with Crippen LogP contribution in [-0.4, -0.2) is 15.5 Å². The Balaban J connectivity index is 2.34. The lowest BCUT2D eigenvalue weighted by Gasteiger charge is -2.10. The van der Waals surface area contributed by atoms with E-state index in [0.717, 1.165) is 12.0 Å². The van der Waals surface area contributed by atoms with Gasteiger partial charge in [0, 0.05) is 0 Å². The van der Waals surface area contributed by atoms with Crippen LogP contribution in [0.5, 0.6) is 5.75 Å². The van der Waals surface area contributed by atoms with Crippen LogP contribution in [-0.2, 0) is 9.84 Å². The molecule has 0 aliphatic heterocycles. The molecule has 0 spiro atoms. The van der Waals surface area contributed by atoms with Crippen LogP contribution >= 0.6 is 0 Å². The Hall–Kier alpha value is -1.81. The molecule has 0 saturated carbocycles. The Morgan fingerprint density at radius 1 is 0.952 bits per heavy atom. The summed E-state index contributed by atoms with van der Waals surface area (Å²) in [5.41, 5.74) is 1.16. The highest BCUT2D eigenvalue weighted by Crippen LogP contribution is 2.25. The van der Waals surface area contributed by atoms with Crippen molar-refractivity contribution in [1.29, 1.82) is 0 Å². The highest BCUT2D eigenvalue weighted by Gasteiger charge is 2.17. The maximum Gasteiger partial charge on any atom is 0.206 e. The number of hydrogen-bond acceptors (Lipinski definition) is 3. The molecule has 0 N–H and O–H groups in total. The quantitative estimate of drug-likeness (QED) is 0.837. The summed E-state index contributed by atoms with van der Waals surface area (Å²) >= 11 is 0. The third-order valence-corrected chi connectivity index (χ3v) is 5.53. The van der Waals surface area contributed by atoms with E-state index in [1.54, 1.807) is 43.5 Å². The summed E-state index contributed by atoms with van der Waals surface area (Å²) in [5, 5.41) is 0. The van der Waals surface area contributed by atoms with E-state index in [1.165, 1.54) is 0 Å². The number of hydrogen-bond donors (Lipinski definition) is 0. The minimum atomic E-state index is -3.47. The predicted molar refractivity (Wildman–Crippen MR) is 83.6 cm³/mol. The summed E-state index contributed by atoms with van der Waals surface area (Å²) in [4.78, 5) is 0.597. The van der Waals surface area contributed by atoms with Gasteiger partial charge in [-0.2, -0.15) is 0 Å². The molecule has 2 aromatic carbocycles. The van der Waals surface area contributed by atoms with Gasteiger partial charge < -0.3 is 4.74 Å². The van der Waals surface area contributed by atoms with Crippen molar-refractivity contribution in [2.45, 2.75) is 36.0 Å². The summed E-state index contributed by atoms with van der Waals surface area (Å²) < 4.78 is 30.1. The molecule has 2 aromatic rings. The maximum atomic E-state index is 12.5. The molecule has 0 fully saturated rings. The minimum absolute atomic E-state index is 0.277. The van der Waals surface area contributed by atoms with E-state index in [2.05, 4.69) is 13.8 Å². The molecule has 4 heteroatoms. The second kappa shape index (κ2) is 6.31. The summed E-state index contributed by atoms with van der Waals surface area (Å²) in [5.74, 6) is 1.07. The molecule has 2 rings (SSSR count). The first kappa shape index (κ1) is 15.6. The fraction of sp³-hybridized carbons (Fsp3) is 0.294. The van der Waals surface area contributed by atoms with Gasteiger partial charge >= 0.3 is 0 Å². The fourth-order valence-electron chi connectivity index (χ4n) is 2.10. The Morgan fingerprint density at radius 3 is 1.86 bits per heavy atom. The van der Waals surface area contributed by atoms with Gasteiger partial charge in [0.1, 0.15) is 5.75 Å². The van der Waals surface area contributed by atoms with Gasteiger partial charge in [-0.15, -0.1) is 0 Å². The standard InChI is InChI=1S/C17H20O3S/c1-4-13(2)14-5-9-16(10-6-14)21(18,19)17-11-7-15(20-3)8-12-17/h5-13H,4H2,1-3H3. The number of methoxy groups -OCH3 is 1. The fourth-order valence-corrected chi connectivity index (χ4v) is 3.36. The Bertz CT molecular complexity index is 686. The molecule has 21 heavy (non-hydrogen) atoms. The minimum Gasteiger partial charge on any atom is -0.497 e. The van der Waals surface area contributed by atoms with Crippen molar-refractivity contribution in [3.63, 3.8) is 0 Å². The average Bonchev–Trinajstić information content (AvgIpc) is 2.54. The van der Waals surface area contributed by atoms with Gasteiger partial charge in [-0.3, -0.25) is 0 Å². The zero-order valence-corrected chi connectivity index (χ0v) is 13.4. The second-order valence-corrected chi connectivity index (χ2v) is 7.01. The van der Waals surface area contributed by atoms with Gasteiger partial charge in [0.25, 0.3) is 0 Å². The van der Waals surface area contributed by atoms with Crippen LogP contribution in [0.15, 0.2) is 58.3 Å². The van der Waals surface area contributed by atoms with Gasteiger partial charge in [0.05, 0.1) is 16.9 Å². The van der Waals surface area contributed by atoms with Crippen molar-refractivity contribution < 1.29 is 13.2 Å². The van der Waals surface area contributed by atoms with E-state index in [-0.39, 0.29) is 4.90 Å². The summed E-state index contributed by atoms with van der Waals surface area (Å²) in [6.45, 7) is 4.25. The van der Waals surface area contributed by atoms with Crippen molar-refractivity contribution in [1.82, 2.24) is 0 Å². The second-order valence-electron chi connectivity index (χ2n) is 5.06. The van der Waals surface area contributed by atoms with E-state index in [1.807, 2.05) is 12.1 Å². The van der Waals surface area contributed by atoms with Crippen molar-refractivity contribution in [3.8, 4) is 5.75 Å². The molecule has 0 amide bonds. The lowest BCUT2D eigenvalue weighted by molar-refractivity contribution is 0.414. The molecule has 0 aliphatic carbocycles. The first-order valence-electron chi connectivity index (χ1n) is 6.98. The summed E-state index contributed by atoms with van der Waals surface area (Å²) in [6, 6.07) is 13.6. The van der Waals surface area contributed by atoms with Gasteiger partial charge in [-0.05, 0) is 54.3 Å². The van der Waals surface area contributed by atoms with Crippen molar-refractivity contribution >= 4 is 9.84 Å². The van der Waals surface area contributed by atoms with Crippen molar-refractivity contribution in [3.05, 3.63) is 54.1 Å². The van der Waals surface area contributed by atoms with E-state index < -0.39 is 9.84 Å². The van der Waals surface area contributed by atoms with E-state index in [4.69, 9.17) is 4.74 Å². The zero-order chi connectivity index (χ0) is 15.5. The van der Waals surface area contributed by atoms with E-state index in [0.29, 0.717) is 16.6 Å². The van der Waals surface area contributed by atoms with Crippen LogP contribution < -0.4 is 4.74 Å². The average molecular weight is 304 g/mol. The molecule has 0 radical (unpaired) electrons. The van der Waals surface area contributed by atoms with Crippen LogP contribution in [0.3, 0.4) is 0 Å². The van der Waals surface area contributed by atoms with Crippen molar-refractivity contribution in [2.24, 2.45) is 0 Å². The Kier molecular flexibility index (Phi) is 4.68. The number of benzene rings is 2. The maximum absolute atomic E-state index is 12.5. The SMILES string of the molecule is CCC(C)c1ccc(S(=O)(=O)c2ccc(OC)cc2)cc1. The lowest BCUT2D eigenvalue weighted by atomic mass is 9.99. The Morgan fingerprint density at radius 2 is 1.43 bits per heavy atom. The zero-order valence-electron chi connectivity index (χ0n) is 12.5. The van der Waals surface area contributed by atoms with Crippen LogP contribution in [0.25, 0.3) is 0 Å². The first-order valence-corrected chi connectivity index (χ1v) is 8.46. The molecular formula is C17H20O3S. The summed E-state index contributed by atoms with van der Waals surface area (Å²) in [6.07, 6.45) is 1.03. The van der Waals surface area contributed by atoms with E-state index >= 15 is 0 Å². The number of sulfone groups is 1. The monoisotopic (exact) mass is 304 g/mol. The van der Waals surface area contributed by atoms with Gasteiger partial charge in [-0.25, -0.2) is 8.42 Å². The van der Waals surface area contributed by atoms with Gasteiger partial charge in [-0.1, -0.05) is 26.0 Å². The Labute approximate surface area is 126 Å². The van der Waals surface area contributed by atoms with Crippen molar-refractivity contribution in [2.75, 3.05) is 7.11 Å². The first-order chi connectivity index (χ1) is 9.98. The molecule has 1 unspecified atom stereocenters. The van der Waals surface area contributed by atoms with Crippen LogP contribution in [0.2, 0.25) is 0 Å². The number of rotatable bonds is 5.